The van der Waals surface area contributed by atoms with Gasteiger partial charge in [0.15, 0.2) is 6.10 Å². The van der Waals surface area contributed by atoms with Crippen LogP contribution in [0, 0.1) is 0 Å². The second-order valence-electron chi connectivity index (χ2n) is 9.37. The molecule has 3 rings (SSSR count). The Morgan fingerprint density at radius 3 is 2.02 bits per heavy atom. The quantitative estimate of drug-likeness (QED) is 0.255. The molecule has 3 aromatic carbocycles. The van der Waals surface area contributed by atoms with Gasteiger partial charge in [0.1, 0.15) is 11.5 Å². The lowest BCUT2D eigenvalue weighted by Crippen LogP contribution is -2.27. The molecule has 0 heterocycles. The molecule has 0 saturated carbocycles. The fraction of sp³-hybridized carbons (Fsp3) is 0.276. The number of halogens is 5. The number of hydrogen-bond donors (Lipinski definition) is 2. The normalized spacial score (nSPS) is 11.6. The van der Waals surface area contributed by atoms with Crippen LogP contribution >= 0.6 is 23.2 Å². The van der Waals surface area contributed by atoms with Gasteiger partial charge in [0.25, 0.3) is 0 Å². The first-order valence-electron chi connectivity index (χ1n) is 12.4. The number of carbonyl (C=O) groups is 3. The zero-order chi connectivity index (χ0) is 31.8. The van der Waals surface area contributed by atoms with Gasteiger partial charge < -0.3 is 24.8 Å². The smallest absolute Gasteiger partial charge is 0.416 e. The summed E-state index contributed by atoms with van der Waals surface area (Å²) in [6.07, 6.45) is -5.96. The summed E-state index contributed by atoms with van der Waals surface area (Å²) in [7, 11) is 3.44. The van der Waals surface area contributed by atoms with Gasteiger partial charge in [-0.3, -0.25) is 0 Å². The van der Waals surface area contributed by atoms with Crippen LogP contribution in [0.2, 0.25) is 10.0 Å². The van der Waals surface area contributed by atoms with Crippen molar-refractivity contribution in [2.75, 3.05) is 19.4 Å². The SMILES string of the molecule is CC(C)c1ccc(NC(=O)N(C)C)cc1.C[C@H](OC(=O)c1cc(Oc2ccc(C(F)(F)F)cc2Cl)ccc1Cl)C(=O)O. The van der Waals surface area contributed by atoms with E-state index in [4.69, 9.17) is 37.8 Å². The van der Waals surface area contributed by atoms with Gasteiger partial charge >= 0.3 is 24.1 Å². The average molecular weight is 629 g/mol. The molecule has 3 aromatic rings. The number of carboxylic acids is 1. The Labute approximate surface area is 250 Å². The molecular weight excluding hydrogens is 600 g/mol. The minimum absolute atomic E-state index is 0.0246. The van der Waals surface area contributed by atoms with Crippen molar-refractivity contribution in [1.29, 1.82) is 0 Å². The molecule has 42 heavy (non-hydrogen) atoms. The Kier molecular flexibility index (Phi) is 12.1. The first-order chi connectivity index (χ1) is 19.5. The topological polar surface area (TPSA) is 105 Å². The van der Waals surface area contributed by atoms with Crippen LogP contribution in [-0.4, -0.2) is 48.2 Å². The van der Waals surface area contributed by atoms with Crippen molar-refractivity contribution in [2.45, 2.75) is 39.0 Å². The maximum Gasteiger partial charge on any atom is 0.416 e. The van der Waals surface area contributed by atoms with E-state index in [1.165, 1.54) is 22.6 Å². The van der Waals surface area contributed by atoms with E-state index in [9.17, 15) is 27.6 Å². The van der Waals surface area contributed by atoms with Gasteiger partial charge in [-0.25, -0.2) is 14.4 Å². The summed E-state index contributed by atoms with van der Waals surface area (Å²) in [6.45, 7) is 5.46. The Balaban J connectivity index is 0.000000347. The van der Waals surface area contributed by atoms with Crippen molar-refractivity contribution in [1.82, 2.24) is 4.90 Å². The van der Waals surface area contributed by atoms with Crippen molar-refractivity contribution < 1.29 is 42.1 Å². The van der Waals surface area contributed by atoms with Crippen LogP contribution < -0.4 is 10.1 Å². The summed E-state index contributed by atoms with van der Waals surface area (Å²) in [5.74, 6) is -1.87. The minimum atomic E-state index is -4.56. The van der Waals surface area contributed by atoms with Crippen LogP contribution in [0.5, 0.6) is 11.5 Å². The Bertz CT molecular complexity index is 1410. The van der Waals surface area contributed by atoms with Gasteiger partial charge in [0, 0.05) is 19.8 Å². The van der Waals surface area contributed by atoms with Crippen LogP contribution in [0.3, 0.4) is 0 Å². The molecule has 0 aliphatic heterocycles. The van der Waals surface area contributed by atoms with Crippen LogP contribution in [0.25, 0.3) is 0 Å². The molecule has 2 N–H and O–H groups in total. The van der Waals surface area contributed by atoms with Crippen LogP contribution in [-0.2, 0) is 15.7 Å². The Hall–Kier alpha value is -3.96. The second kappa shape index (κ2) is 14.8. The standard InChI is InChI=1S/C17H11Cl2F3O5.C12H18N2O/c1-8(15(23)24)26-16(25)11-7-10(3-4-12(11)18)27-14-5-2-9(6-13(14)19)17(20,21)22;1-9(2)10-5-7-11(8-6-10)13-12(15)14(3)4/h2-8H,1H3,(H,23,24);5-9H,1-4H3,(H,13,15)/t8-;/m0./s1. The highest BCUT2D eigenvalue weighted by molar-refractivity contribution is 6.33. The van der Waals surface area contributed by atoms with Crippen molar-refractivity contribution in [3.05, 3.63) is 87.4 Å². The van der Waals surface area contributed by atoms with Gasteiger partial charge in [-0.15, -0.1) is 0 Å². The number of carboxylic acid groups (broad SMARTS) is 1. The van der Waals surface area contributed by atoms with Crippen molar-refractivity contribution in [3.63, 3.8) is 0 Å². The number of esters is 1. The molecule has 226 valence electrons. The number of carbonyl (C=O) groups excluding carboxylic acids is 2. The fourth-order valence-electron chi connectivity index (χ4n) is 3.07. The minimum Gasteiger partial charge on any atom is -0.479 e. The highest BCUT2D eigenvalue weighted by Crippen LogP contribution is 2.37. The highest BCUT2D eigenvalue weighted by Gasteiger charge is 2.31. The number of urea groups is 1. The number of benzene rings is 3. The first kappa shape index (κ1) is 34.2. The number of nitrogens with zero attached hydrogens (tertiary/aromatic N) is 1. The molecule has 8 nitrogen and oxygen atoms in total. The van der Waals surface area contributed by atoms with Gasteiger partial charge in [-0.05, 0) is 66.9 Å². The highest BCUT2D eigenvalue weighted by atomic mass is 35.5. The predicted octanol–water partition coefficient (Wildman–Crippen LogP) is 8.34. The van der Waals surface area contributed by atoms with Gasteiger partial charge in [-0.1, -0.05) is 49.2 Å². The monoisotopic (exact) mass is 628 g/mol. The van der Waals surface area contributed by atoms with Gasteiger partial charge in [-0.2, -0.15) is 13.2 Å². The summed E-state index contributed by atoms with van der Waals surface area (Å²) in [5.41, 5.74) is 0.990. The number of hydrogen-bond acceptors (Lipinski definition) is 5. The number of ether oxygens (including phenoxy) is 2. The van der Waals surface area contributed by atoms with Crippen LogP contribution in [0.4, 0.5) is 23.7 Å². The van der Waals surface area contributed by atoms with E-state index in [0.29, 0.717) is 12.0 Å². The Morgan fingerprint density at radius 1 is 0.905 bits per heavy atom. The van der Waals surface area contributed by atoms with Crippen molar-refractivity contribution in [2.24, 2.45) is 0 Å². The van der Waals surface area contributed by atoms with E-state index in [-0.39, 0.29) is 33.1 Å². The lowest BCUT2D eigenvalue weighted by molar-refractivity contribution is -0.146. The average Bonchev–Trinajstić information content (AvgIpc) is 2.90. The van der Waals surface area contributed by atoms with Gasteiger partial charge in [0.05, 0.1) is 21.2 Å². The molecule has 0 unspecified atom stereocenters. The molecule has 0 bridgehead atoms. The molecule has 0 fully saturated rings. The van der Waals surface area contributed by atoms with E-state index >= 15 is 0 Å². The van der Waals surface area contributed by atoms with Crippen molar-refractivity contribution in [3.8, 4) is 11.5 Å². The summed E-state index contributed by atoms with van der Waals surface area (Å²) < 4.78 is 48.1. The largest absolute Gasteiger partial charge is 0.479 e. The number of alkyl halides is 3. The Morgan fingerprint density at radius 2 is 1.52 bits per heavy atom. The lowest BCUT2D eigenvalue weighted by Gasteiger charge is -2.13. The number of nitrogens with one attached hydrogen (secondary N) is 1. The summed E-state index contributed by atoms with van der Waals surface area (Å²) in [6, 6.07) is 14.2. The molecule has 0 aliphatic rings. The van der Waals surface area contributed by atoms with Crippen LogP contribution in [0.15, 0.2) is 60.7 Å². The molecular formula is C29H29Cl2F3N2O6. The summed E-state index contributed by atoms with van der Waals surface area (Å²) in [4.78, 5) is 35.7. The van der Waals surface area contributed by atoms with E-state index in [1.807, 2.05) is 24.3 Å². The molecule has 13 heteroatoms. The lowest BCUT2D eigenvalue weighted by atomic mass is 10.0. The van der Waals surface area contributed by atoms with Gasteiger partial charge in [0.2, 0.25) is 0 Å². The molecule has 2 amide bonds. The molecule has 1 atom stereocenters. The second-order valence-corrected chi connectivity index (χ2v) is 10.2. The number of rotatable bonds is 7. The fourth-order valence-corrected chi connectivity index (χ4v) is 3.49. The first-order valence-corrected chi connectivity index (χ1v) is 13.1. The van der Waals surface area contributed by atoms with E-state index in [1.54, 1.807) is 14.1 Å². The summed E-state index contributed by atoms with van der Waals surface area (Å²) >= 11 is 11.7. The zero-order valence-electron chi connectivity index (χ0n) is 23.3. The maximum absolute atomic E-state index is 12.7. The van der Waals surface area contributed by atoms with Crippen molar-refractivity contribution >= 4 is 46.9 Å². The number of anilines is 1. The van der Waals surface area contributed by atoms with E-state index < -0.39 is 29.8 Å². The van der Waals surface area contributed by atoms with E-state index in [0.717, 1.165) is 30.8 Å². The number of amides is 2. The molecule has 0 saturated heterocycles. The van der Waals surface area contributed by atoms with Crippen LogP contribution in [0.1, 0.15) is 48.2 Å². The predicted molar refractivity (Wildman–Crippen MR) is 154 cm³/mol. The molecule has 0 radical (unpaired) electrons. The molecule has 0 aliphatic carbocycles. The molecule has 0 aromatic heterocycles. The molecule has 0 spiro atoms. The third-order valence-corrected chi connectivity index (χ3v) is 6.14. The zero-order valence-corrected chi connectivity index (χ0v) is 24.8. The van der Waals surface area contributed by atoms with E-state index in [2.05, 4.69) is 19.2 Å². The summed E-state index contributed by atoms with van der Waals surface area (Å²) in [5, 5.41) is 11.3. The third kappa shape index (κ3) is 10.1. The third-order valence-electron chi connectivity index (χ3n) is 5.51. The maximum atomic E-state index is 12.7. The number of aliphatic carboxylic acids is 1.